The summed E-state index contributed by atoms with van der Waals surface area (Å²) < 4.78 is 10.5. The Morgan fingerprint density at radius 1 is 1.10 bits per heavy atom. The van der Waals surface area contributed by atoms with E-state index in [1.807, 2.05) is 11.3 Å². The normalized spacial score (nSPS) is 12.7. The van der Waals surface area contributed by atoms with Crippen molar-refractivity contribution in [2.45, 2.75) is 12.5 Å². The van der Waals surface area contributed by atoms with Crippen LogP contribution in [0.4, 0.5) is 0 Å². The molecule has 0 spiro atoms. The van der Waals surface area contributed by atoms with Crippen LogP contribution in [0.25, 0.3) is 0 Å². The highest BCUT2D eigenvalue weighted by Crippen LogP contribution is 2.24. The van der Waals surface area contributed by atoms with Gasteiger partial charge in [-0.25, -0.2) is 0 Å². The van der Waals surface area contributed by atoms with Gasteiger partial charge in [0.05, 0.1) is 19.8 Å². The monoisotopic (exact) mass is 311 g/mol. The van der Waals surface area contributed by atoms with Crippen LogP contribution in [0.2, 0.25) is 0 Å². The Hall–Kier alpha value is -0.720. The van der Waals surface area contributed by atoms with Crippen LogP contribution in [-0.2, 0) is 15.9 Å². The Kier molecular flexibility index (Phi) is 7.25. The number of ether oxygens (including phenoxy) is 2. The molecular weight excluding hydrogens is 290 g/mol. The standard InChI is InChI=1S/C15H21NO2S2/c1-17-8-9-18-7-6-16-14(15-5-3-11-20-15)12-13-4-2-10-19-13/h2-5,10-11,14,16H,6-9,12H2,1H3. The Bertz CT molecular complexity index is 442. The third kappa shape index (κ3) is 5.34. The highest BCUT2D eigenvalue weighted by atomic mass is 32.1. The number of thiophene rings is 2. The summed E-state index contributed by atoms with van der Waals surface area (Å²) in [6, 6.07) is 8.99. The molecule has 110 valence electrons. The van der Waals surface area contributed by atoms with Gasteiger partial charge in [0.15, 0.2) is 0 Å². The summed E-state index contributed by atoms with van der Waals surface area (Å²) in [4.78, 5) is 2.80. The van der Waals surface area contributed by atoms with E-state index in [4.69, 9.17) is 9.47 Å². The molecule has 0 aliphatic heterocycles. The van der Waals surface area contributed by atoms with Gasteiger partial charge in [0, 0.05) is 35.9 Å². The molecule has 0 saturated carbocycles. The predicted octanol–water partition coefficient (Wildman–Crippen LogP) is 3.35. The molecule has 2 aromatic rings. The highest BCUT2D eigenvalue weighted by molar-refractivity contribution is 7.10. The molecule has 0 aliphatic rings. The zero-order chi connectivity index (χ0) is 14.0. The van der Waals surface area contributed by atoms with Gasteiger partial charge >= 0.3 is 0 Å². The number of rotatable bonds is 10. The second-order valence-corrected chi connectivity index (χ2v) is 6.42. The Morgan fingerprint density at radius 3 is 2.65 bits per heavy atom. The summed E-state index contributed by atoms with van der Waals surface area (Å²) in [7, 11) is 1.69. The lowest BCUT2D eigenvalue weighted by molar-refractivity contribution is 0.0711. The van der Waals surface area contributed by atoms with Crippen molar-refractivity contribution in [2.24, 2.45) is 0 Å². The molecule has 0 radical (unpaired) electrons. The molecule has 0 bridgehead atoms. The minimum atomic E-state index is 0.375. The molecule has 0 amide bonds. The maximum Gasteiger partial charge on any atom is 0.0700 e. The highest BCUT2D eigenvalue weighted by Gasteiger charge is 2.13. The molecule has 20 heavy (non-hydrogen) atoms. The number of nitrogens with one attached hydrogen (secondary N) is 1. The van der Waals surface area contributed by atoms with Crippen molar-refractivity contribution in [3.63, 3.8) is 0 Å². The predicted molar refractivity (Wildman–Crippen MR) is 85.8 cm³/mol. The van der Waals surface area contributed by atoms with E-state index in [2.05, 4.69) is 40.3 Å². The summed E-state index contributed by atoms with van der Waals surface area (Å²) in [6.45, 7) is 2.89. The quantitative estimate of drug-likeness (QED) is 0.683. The van der Waals surface area contributed by atoms with E-state index in [1.165, 1.54) is 9.75 Å². The van der Waals surface area contributed by atoms with E-state index in [9.17, 15) is 0 Å². The molecule has 0 aromatic carbocycles. The van der Waals surface area contributed by atoms with Gasteiger partial charge in [-0.05, 0) is 22.9 Å². The summed E-state index contributed by atoms with van der Waals surface area (Å²) in [6.07, 6.45) is 1.04. The third-order valence-corrected chi connectivity index (χ3v) is 4.83. The average Bonchev–Trinajstić information content (AvgIpc) is 3.13. The second-order valence-electron chi connectivity index (χ2n) is 4.41. The first kappa shape index (κ1) is 15.7. The molecule has 0 aliphatic carbocycles. The number of hydrogen-bond acceptors (Lipinski definition) is 5. The van der Waals surface area contributed by atoms with Crippen molar-refractivity contribution >= 4 is 22.7 Å². The molecule has 0 saturated heterocycles. The Labute approximate surface area is 128 Å². The van der Waals surface area contributed by atoms with Crippen LogP contribution < -0.4 is 5.32 Å². The lowest BCUT2D eigenvalue weighted by Gasteiger charge is -2.17. The van der Waals surface area contributed by atoms with Crippen molar-refractivity contribution in [3.05, 3.63) is 44.8 Å². The fraction of sp³-hybridized carbons (Fsp3) is 0.467. The first-order valence-electron chi connectivity index (χ1n) is 6.76. The zero-order valence-electron chi connectivity index (χ0n) is 11.7. The van der Waals surface area contributed by atoms with Gasteiger partial charge in [0.2, 0.25) is 0 Å². The van der Waals surface area contributed by atoms with Crippen LogP contribution in [0, 0.1) is 0 Å². The first-order chi connectivity index (χ1) is 9.90. The van der Waals surface area contributed by atoms with E-state index in [0.29, 0.717) is 19.3 Å². The molecule has 0 fully saturated rings. The van der Waals surface area contributed by atoms with Gasteiger partial charge in [0.25, 0.3) is 0 Å². The van der Waals surface area contributed by atoms with Gasteiger partial charge in [-0.3, -0.25) is 0 Å². The van der Waals surface area contributed by atoms with E-state index in [-0.39, 0.29) is 0 Å². The Balaban J connectivity index is 1.78. The largest absolute Gasteiger partial charge is 0.382 e. The van der Waals surface area contributed by atoms with Gasteiger partial charge in [-0.2, -0.15) is 0 Å². The minimum Gasteiger partial charge on any atom is -0.382 e. The first-order valence-corrected chi connectivity index (χ1v) is 8.52. The zero-order valence-corrected chi connectivity index (χ0v) is 13.3. The number of hydrogen-bond donors (Lipinski definition) is 1. The van der Waals surface area contributed by atoms with Crippen molar-refractivity contribution in [3.8, 4) is 0 Å². The molecule has 1 atom stereocenters. The SMILES string of the molecule is COCCOCCNC(Cc1cccs1)c1cccs1. The molecule has 5 heteroatoms. The van der Waals surface area contributed by atoms with E-state index in [0.717, 1.165) is 19.6 Å². The maximum atomic E-state index is 5.50. The van der Waals surface area contributed by atoms with Crippen LogP contribution in [0.5, 0.6) is 0 Å². The topological polar surface area (TPSA) is 30.5 Å². The van der Waals surface area contributed by atoms with Gasteiger partial charge < -0.3 is 14.8 Å². The number of methoxy groups -OCH3 is 1. The van der Waals surface area contributed by atoms with E-state index in [1.54, 1.807) is 18.4 Å². The van der Waals surface area contributed by atoms with E-state index < -0.39 is 0 Å². The van der Waals surface area contributed by atoms with Crippen LogP contribution in [-0.4, -0.2) is 33.5 Å². The van der Waals surface area contributed by atoms with Gasteiger partial charge in [-0.1, -0.05) is 12.1 Å². The second kappa shape index (κ2) is 9.26. The molecule has 1 N–H and O–H groups in total. The summed E-state index contributed by atoms with van der Waals surface area (Å²) in [5.74, 6) is 0. The van der Waals surface area contributed by atoms with Crippen molar-refractivity contribution in [2.75, 3.05) is 33.5 Å². The van der Waals surface area contributed by atoms with Crippen molar-refractivity contribution < 1.29 is 9.47 Å². The Morgan fingerprint density at radius 2 is 1.95 bits per heavy atom. The smallest absolute Gasteiger partial charge is 0.0700 e. The molecule has 2 aromatic heterocycles. The van der Waals surface area contributed by atoms with Crippen LogP contribution >= 0.6 is 22.7 Å². The van der Waals surface area contributed by atoms with Crippen LogP contribution in [0.15, 0.2) is 35.0 Å². The maximum absolute atomic E-state index is 5.50. The fourth-order valence-electron chi connectivity index (χ4n) is 1.94. The average molecular weight is 311 g/mol. The third-order valence-electron chi connectivity index (χ3n) is 2.94. The van der Waals surface area contributed by atoms with Crippen LogP contribution in [0.1, 0.15) is 15.8 Å². The van der Waals surface area contributed by atoms with Gasteiger partial charge in [-0.15, -0.1) is 22.7 Å². The minimum absolute atomic E-state index is 0.375. The molecular formula is C15H21NO2S2. The molecule has 1 unspecified atom stereocenters. The lowest BCUT2D eigenvalue weighted by atomic mass is 10.1. The lowest BCUT2D eigenvalue weighted by Crippen LogP contribution is -2.26. The summed E-state index contributed by atoms with van der Waals surface area (Å²) in [5, 5.41) is 7.85. The molecule has 2 heterocycles. The van der Waals surface area contributed by atoms with Crippen molar-refractivity contribution in [1.29, 1.82) is 0 Å². The summed E-state index contributed by atoms with van der Waals surface area (Å²) >= 11 is 3.62. The van der Waals surface area contributed by atoms with Gasteiger partial charge in [0.1, 0.15) is 0 Å². The van der Waals surface area contributed by atoms with Crippen LogP contribution in [0.3, 0.4) is 0 Å². The van der Waals surface area contributed by atoms with E-state index >= 15 is 0 Å². The van der Waals surface area contributed by atoms with Crippen molar-refractivity contribution in [1.82, 2.24) is 5.32 Å². The molecule has 3 nitrogen and oxygen atoms in total. The summed E-state index contributed by atoms with van der Waals surface area (Å²) in [5.41, 5.74) is 0. The fourth-order valence-corrected chi connectivity index (χ4v) is 3.50. The molecule has 2 rings (SSSR count).